The molecule has 1 heterocycles. The topological polar surface area (TPSA) is 20.3 Å². The summed E-state index contributed by atoms with van der Waals surface area (Å²) in [5.41, 5.74) is 0. The molecule has 0 radical (unpaired) electrons. The lowest BCUT2D eigenvalue weighted by Crippen LogP contribution is -2.41. The van der Waals surface area contributed by atoms with Crippen molar-refractivity contribution in [3.8, 4) is 0 Å². The lowest BCUT2D eigenvalue weighted by atomic mass is 9.96. The molecule has 2 nitrogen and oxygen atoms in total. The van der Waals surface area contributed by atoms with Gasteiger partial charge in [-0.1, -0.05) is 13.8 Å². The van der Waals surface area contributed by atoms with E-state index >= 15 is 0 Å². The first-order valence-corrected chi connectivity index (χ1v) is 5.09. The van der Waals surface area contributed by atoms with Gasteiger partial charge in [0.1, 0.15) is 0 Å². The normalized spacial score (nSPS) is 19.4. The smallest absolute Gasteiger partial charge is 0.241 e. The van der Waals surface area contributed by atoms with Crippen LogP contribution in [0.2, 0.25) is 0 Å². The van der Waals surface area contributed by atoms with Crippen molar-refractivity contribution in [3.05, 3.63) is 0 Å². The average Bonchev–Trinajstić information content (AvgIpc) is 2.16. The number of rotatable bonds is 2. The molecule has 0 spiro atoms. The molecule has 0 aliphatic carbocycles. The summed E-state index contributed by atoms with van der Waals surface area (Å²) in [5, 5.41) is 0. The largest absolute Gasteiger partial charge is 0.342 e. The highest BCUT2D eigenvalue weighted by molar-refractivity contribution is 5.78. The van der Waals surface area contributed by atoms with E-state index in [1.807, 2.05) is 13.8 Å². The van der Waals surface area contributed by atoms with Gasteiger partial charge in [0, 0.05) is 24.9 Å². The highest BCUT2D eigenvalue weighted by atomic mass is 19.3. The first-order chi connectivity index (χ1) is 6.52. The number of halogens is 2. The predicted molar refractivity (Wildman–Crippen MR) is 50.1 cm³/mol. The molecule has 1 aliphatic heterocycles. The summed E-state index contributed by atoms with van der Waals surface area (Å²) >= 11 is 0. The first-order valence-electron chi connectivity index (χ1n) is 5.09. The number of hydrogen-bond donors (Lipinski definition) is 0. The second-order valence-electron chi connectivity index (χ2n) is 4.15. The number of piperidine rings is 1. The SMILES string of the molecule is CC(C)C(=O)N1CCC(C(F)F)CC1. The Labute approximate surface area is 83.3 Å². The Morgan fingerprint density at radius 1 is 1.29 bits per heavy atom. The molecule has 0 aromatic carbocycles. The molecule has 0 bridgehead atoms. The van der Waals surface area contributed by atoms with Gasteiger partial charge in [-0.25, -0.2) is 8.78 Å². The van der Waals surface area contributed by atoms with Gasteiger partial charge in [0.25, 0.3) is 0 Å². The van der Waals surface area contributed by atoms with Crippen molar-refractivity contribution in [1.29, 1.82) is 0 Å². The van der Waals surface area contributed by atoms with E-state index in [4.69, 9.17) is 0 Å². The number of carbonyl (C=O) groups excluding carboxylic acids is 1. The molecule has 0 saturated carbocycles. The number of nitrogens with zero attached hydrogens (tertiary/aromatic N) is 1. The maximum atomic E-state index is 12.3. The zero-order chi connectivity index (χ0) is 10.7. The fourth-order valence-electron chi connectivity index (χ4n) is 1.74. The third-order valence-electron chi connectivity index (χ3n) is 2.70. The van der Waals surface area contributed by atoms with Crippen molar-refractivity contribution in [3.63, 3.8) is 0 Å². The Bertz CT molecular complexity index is 198. The van der Waals surface area contributed by atoms with Crippen LogP contribution < -0.4 is 0 Å². The molecular formula is C10H17F2NO. The third kappa shape index (κ3) is 2.66. The molecule has 1 rings (SSSR count). The van der Waals surface area contributed by atoms with Crippen molar-refractivity contribution in [2.45, 2.75) is 33.1 Å². The molecule has 0 aromatic heterocycles. The minimum atomic E-state index is -2.23. The van der Waals surface area contributed by atoms with E-state index in [-0.39, 0.29) is 11.8 Å². The lowest BCUT2D eigenvalue weighted by molar-refractivity contribution is -0.136. The van der Waals surface area contributed by atoms with Crippen LogP contribution in [-0.2, 0) is 4.79 Å². The van der Waals surface area contributed by atoms with Crippen LogP contribution in [0.4, 0.5) is 8.78 Å². The van der Waals surface area contributed by atoms with E-state index in [1.165, 1.54) is 0 Å². The molecule has 1 aliphatic rings. The Morgan fingerprint density at radius 3 is 2.14 bits per heavy atom. The summed E-state index contributed by atoms with van der Waals surface area (Å²) in [5.74, 6) is -0.456. The average molecular weight is 205 g/mol. The molecule has 82 valence electrons. The van der Waals surface area contributed by atoms with Crippen LogP contribution in [-0.4, -0.2) is 30.3 Å². The fourth-order valence-corrected chi connectivity index (χ4v) is 1.74. The van der Waals surface area contributed by atoms with E-state index in [1.54, 1.807) is 4.90 Å². The summed E-state index contributed by atoms with van der Waals surface area (Å²) in [6.07, 6.45) is -1.35. The summed E-state index contributed by atoms with van der Waals surface area (Å²) in [6.45, 7) is 4.65. The second kappa shape index (κ2) is 4.71. The van der Waals surface area contributed by atoms with Crippen LogP contribution in [0.15, 0.2) is 0 Å². The maximum absolute atomic E-state index is 12.3. The van der Waals surface area contributed by atoms with Gasteiger partial charge in [0.2, 0.25) is 12.3 Å². The van der Waals surface area contributed by atoms with Crippen molar-refractivity contribution < 1.29 is 13.6 Å². The zero-order valence-corrected chi connectivity index (χ0v) is 8.67. The highest BCUT2D eigenvalue weighted by Gasteiger charge is 2.28. The van der Waals surface area contributed by atoms with E-state index < -0.39 is 12.3 Å². The van der Waals surface area contributed by atoms with Crippen molar-refractivity contribution in [1.82, 2.24) is 4.90 Å². The third-order valence-corrected chi connectivity index (χ3v) is 2.70. The van der Waals surface area contributed by atoms with Crippen LogP contribution in [0.3, 0.4) is 0 Å². The second-order valence-corrected chi connectivity index (χ2v) is 4.15. The first kappa shape index (κ1) is 11.4. The molecule has 1 amide bonds. The quantitative estimate of drug-likeness (QED) is 0.676. The van der Waals surface area contributed by atoms with Gasteiger partial charge in [-0.15, -0.1) is 0 Å². The van der Waals surface area contributed by atoms with Gasteiger partial charge < -0.3 is 4.90 Å². The summed E-state index contributed by atoms with van der Waals surface area (Å²) in [4.78, 5) is 13.2. The van der Waals surface area contributed by atoms with Crippen molar-refractivity contribution in [2.24, 2.45) is 11.8 Å². The summed E-state index contributed by atoms with van der Waals surface area (Å²) in [6, 6.07) is 0. The molecular weight excluding hydrogens is 188 g/mol. The molecule has 0 aromatic rings. The van der Waals surface area contributed by atoms with E-state index in [9.17, 15) is 13.6 Å². The molecule has 0 atom stereocenters. The predicted octanol–water partition coefficient (Wildman–Crippen LogP) is 2.15. The Kier molecular flexibility index (Phi) is 3.84. The zero-order valence-electron chi connectivity index (χ0n) is 8.67. The Balaban J connectivity index is 2.39. The van der Waals surface area contributed by atoms with Gasteiger partial charge in [-0.2, -0.15) is 0 Å². The van der Waals surface area contributed by atoms with Gasteiger partial charge in [0.05, 0.1) is 0 Å². The number of likely N-dealkylation sites (tertiary alicyclic amines) is 1. The van der Waals surface area contributed by atoms with E-state index in [0.29, 0.717) is 25.9 Å². The van der Waals surface area contributed by atoms with Crippen LogP contribution in [0, 0.1) is 11.8 Å². The van der Waals surface area contributed by atoms with Gasteiger partial charge in [-0.05, 0) is 12.8 Å². The summed E-state index contributed by atoms with van der Waals surface area (Å²) in [7, 11) is 0. The van der Waals surface area contributed by atoms with Crippen LogP contribution in [0.25, 0.3) is 0 Å². The molecule has 4 heteroatoms. The lowest BCUT2D eigenvalue weighted by Gasteiger charge is -2.32. The van der Waals surface area contributed by atoms with Crippen molar-refractivity contribution >= 4 is 5.91 Å². The van der Waals surface area contributed by atoms with Crippen LogP contribution in [0.1, 0.15) is 26.7 Å². The molecule has 14 heavy (non-hydrogen) atoms. The molecule has 0 unspecified atom stereocenters. The van der Waals surface area contributed by atoms with E-state index in [0.717, 1.165) is 0 Å². The number of hydrogen-bond acceptors (Lipinski definition) is 1. The van der Waals surface area contributed by atoms with Crippen LogP contribution >= 0.6 is 0 Å². The van der Waals surface area contributed by atoms with E-state index in [2.05, 4.69) is 0 Å². The number of alkyl halides is 2. The molecule has 0 N–H and O–H groups in total. The minimum absolute atomic E-state index is 0.0295. The van der Waals surface area contributed by atoms with Gasteiger partial charge >= 0.3 is 0 Å². The molecule has 1 saturated heterocycles. The number of amides is 1. The Hall–Kier alpha value is -0.670. The Morgan fingerprint density at radius 2 is 1.79 bits per heavy atom. The van der Waals surface area contributed by atoms with Crippen LogP contribution in [0.5, 0.6) is 0 Å². The standard InChI is InChI=1S/C10H17F2NO/c1-7(2)10(14)13-5-3-8(4-6-13)9(11)12/h7-9H,3-6H2,1-2H3. The minimum Gasteiger partial charge on any atom is -0.342 e. The van der Waals surface area contributed by atoms with Crippen molar-refractivity contribution in [2.75, 3.05) is 13.1 Å². The van der Waals surface area contributed by atoms with Gasteiger partial charge in [0.15, 0.2) is 0 Å². The monoisotopic (exact) mass is 205 g/mol. The number of carbonyl (C=O) groups is 1. The summed E-state index contributed by atoms with van der Waals surface area (Å²) < 4.78 is 24.6. The fraction of sp³-hybridized carbons (Fsp3) is 0.900. The van der Waals surface area contributed by atoms with Gasteiger partial charge in [-0.3, -0.25) is 4.79 Å². The molecule has 1 fully saturated rings. The maximum Gasteiger partial charge on any atom is 0.241 e. The highest BCUT2D eigenvalue weighted by Crippen LogP contribution is 2.24.